The lowest BCUT2D eigenvalue weighted by atomic mass is 9.31. The van der Waals surface area contributed by atoms with Crippen molar-refractivity contribution in [1.29, 1.82) is 0 Å². The smallest absolute Gasteiger partial charge is 0.244 e. The minimum Gasteiger partial charge on any atom is -0.464 e. The first-order valence-electron chi connectivity index (χ1n) is 16.4. The SMILES string of the molecule is CC1(C)c2ccc(-c3cccc4ccoc34)cc2B2c3ccc(N4C5=C(CCCC5)Oc5ccccc54)cc3Sc3cccc1c32. The van der Waals surface area contributed by atoms with Crippen molar-refractivity contribution in [2.45, 2.75) is 54.7 Å². The number of hydrogen-bond donors (Lipinski definition) is 0. The molecular formula is C41H32BNO2S. The molecule has 5 heteroatoms. The van der Waals surface area contributed by atoms with E-state index in [0.29, 0.717) is 0 Å². The zero-order valence-electron chi connectivity index (χ0n) is 26.0. The first-order chi connectivity index (χ1) is 22.6. The average molecular weight is 614 g/mol. The molecule has 4 heterocycles. The number of furan rings is 1. The van der Waals surface area contributed by atoms with Gasteiger partial charge in [0.15, 0.2) is 5.75 Å². The van der Waals surface area contributed by atoms with Gasteiger partial charge in [0.1, 0.15) is 11.3 Å². The lowest BCUT2D eigenvalue weighted by molar-refractivity contribution is 0.363. The zero-order chi connectivity index (χ0) is 30.6. The number of ether oxygens (including phenoxy) is 1. The molecule has 0 N–H and O–H groups in total. The minimum atomic E-state index is -0.105. The van der Waals surface area contributed by atoms with Crippen molar-refractivity contribution in [2.75, 3.05) is 4.90 Å². The molecule has 10 rings (SSSR count). The Balaban J connectivity index is 1.17. The summed E-state index contributed by atoms with van der Waals surface area (Å²) < 4.78 is 12.5. The molecule has 0 bridgehead atoms. The number of anilines is 2. The summed E-state index contributed by atoms with van der Waals surface area (Å²) in [6.45, 7) is 4.94. The van der Waals surface area contributed by atoms with Crippen LogP contribution in [-0.4, -0.2) is 6.71 Å². The standard InChI is InChI=1S/C41H32BNO2S/c1-41(2)29-19-17-26(28-10-7-9-25-21-22-44-40(25)28)23-32(29)42-31-20-18-27(24-38(31)46-37-16-8-11-30(41)39(37)42)43-33-12-3-5-14-35(33)45-36-15-6-4-13-34(36)43/h3,5,7-12,14,16-24H,4,6,13,15H2,1-2H3. The van der Waals surface area contributed by atoms with Crippen molar-refractivity contribution in [3.63, 3.8) is 0 Å². The molecule has 0 unspecified atom stereocenters. The molecule has 1 aliphatic carbocycles. The molecule has 0 radical (unpaired) electrons. The number of rotatable bonds is 2. The molecule has 0 amide bonds. The van der Waals surface area contributed by atoms with Crippen LogP contribution in [0.2, 0.25) is 0 Å². The van der Waals surface area contributed by atoms with Gasteiger partial charge in [0, 0.05) is 38.3 Å². The quantitative estimate of drug-likeness (QED) is 0.182. The van der Waals surface area contributed by atoms with Crippen LogP contribution in [0.3, 0.4) is 0 Å². The summed E-state index contributed by atoms with van der Waals surface area (Å²) in [6, 6.07) is 38.2. The summed E-state index contributed by atoms with van der Waals surface area (Å²) in [5, 5.41) is 1.14. The lowest BCUT2D eigenvalue weighted by Gasteiger charge is -2.42. The maximum atomic E-state index is 6.46. The van der Waals surface area contributed by atoms with E-state index < -0.39 is 0 Å². The number of benzene rings is 5. The van der Waals surface area contributed by atoms with Crippen LogP contribution in [0, 0.1) is 0 Å². The summed E-state index contributed by atoms with van der Waals surface area (Å²) in [7, 11) is 0. The Hall–Kier alpha value is -4.61. The Morgan fingerprint density at radius 1 is 0.761 bits per heavy atom. The highest BCUT2D eigenvalue weighted by atomic mass is 32.2. The second-order valence-corrected chi connectivity index (χ2v) is 14.6. The molecule has 0 saturated carbocycles. The van der Waals surface area contributed by atoms with E-state index in [-0.39, 0.29) is 12.1 Å². The fourth-order valence-corrected chi connectivity index (χ4v) is 9.68. The summed E-state index contributed by atoms with van der Waals surface area (Å²) in [5.74, 6) is 2.08. The van der Waals surface area contributed by atoms with Crippen LogP contribution < -0.4 is 26.0 Å². The van der Waals surface area contributed by atoms with Gasteiger partial charge in [0.2, 0.25) is 6.71 Å². The van der Waals surface area contributed by atoms with E-state index in [1.807, 2.05) is 17.8 Å². The fourth-order valence-electron chi connectivity index (χ4n) is 8.47. The minimum absolute atomic E-state index is 0.105. The molecule has 0 saturated heterocycles. The van der Waals surface area contributed by atoms with E-state index in [4.69, 9.17) is 9.15 Å². The second kappa shape index (κ2) is 9.70. The third-order valence-corrected chi connectivity index (χ3v) is 11.8. The van der Waals surface area contributed by atoms with Crippen molar-refractivity contribution >= 4 is 57.2 Å². The van der Waals surface area contributed by atoms with Crippen LogP contribution >= 0.6 is 11.8 Å². The van der Waals surface area contributed by atoms with Gasteiger partial charge in [-0.3, -0.25) is 0 Å². The number of allylic oxidation sites excluding steroid dienone is 2. The van der Waals surface area contributed by atoms with Gasteiger partial charge in [-0.2, -0.15) is 0 Å². The molecule has 3 nitrogen and oxygen atoms in total. The fraction of sp³-hybridized carbons (Fsp3) is 0.171. The van der Waals surface area contributed by atoms with Crippen LogP contribution in [0.25, 0.3) is 22.1 Å². The zero-order valence-corrected chi connectivity index (χ0v) is 26.8. The Morgan fingerprint density at radius 2 is 1.65 bits per heavy atom. The molecule has 46 heavy (non-hydrogen) atoms. The van der Waals surface area contributed by atoms with Crippen molar-refractivity contribution in [1.82, 2.24) is 0 Å². The predicted molar refractivity (Wildman–Crippen MR) is 190 cm³/mol. The molecule has 5 aromatic carbocycles. The van der Waals surface area contributed by atoms with E-state index in [0.717, 1.165) is 46.6 Å². The first-order valence-corrected chi connectivity index (χ1v) is 17.2. The van der Waals surface area contributed by atoms with Gasteiger partial charge in [-0.15, -0.1) is 0 Å². The Bertz CT molecular complexity index is 2280. The van der Waals surface area contributed by atoms with Crippen LogP contribution in [0.4, 0.5) is 11.4 Å². The Kier molecular flexibility index (Phi) is 5.61. The highest BCUT2D eigenvalue weighted by Gasteiger charge is 2.44. The molecule has 6 aromatic rings. The lowest BCUT2D eigenvalue weighted by Crippen LogP contribution is -2.62. The largest absolute Gasteiger partial charge is 0.464 e. The predicted octanol–water partition coefficient (Wildman–Crippen LogP) is 9.04. The number of para-hydroxylation sites is 3. The molecule has 222 valence electrons. The molecule has 4 aliphatic rings. The summed E-state index contributed by atoms with van der Waals surface area (Å²) in [5.41, 5.74) is 13.9. The van der Waals surface area contributed by atoms with Crippen LogP contribution in [0.15, 0.2) is 135 Å². The van der Waals surface area contributed by atoms with Gasteiger partial charge in [0.05, 0.1) is 17.6 Å². The number of hydrogen-bond acceptors (Lipinski definition) is 4. The maximum Gasteiger partial charge on any atom is 0.244 e. The normalized spacial score (nSPS) is 17.1. The van der Waals surface area contributed by atoms with Crippen molar-refractivity contribution in [2.24, 2.45) is 0 Å². The number of fused-ring (bicyclic) bond motifs is 6. The van der Waals surface area contributed by atoms with E-state index in [1.54, 1.807) is 6.26 Å². The average Bonchev–Trinajstić information content (AvgIpc) is 3.58. The summed E-state index contributed by atoms with van der Waals surface area (Å²) >= 11 is 1.93. The van der Waals surface area contributed by atoms with Gasteiger partial charge in [-0.25, -0.2) is 0 Å². The van der Waals surface area contributed by atoms with E-state index >= 15 is 0 Å². The summed E-state index contributed by atoms with van der Waals surface area (Å²) in [4.78, 5) is 5.17. The molecule has 0 atom stereocenters. The summed E-state index contributed by atoms with van der Waals surface area (Å²) in [6.07, 6.45) is 6.21. The molecule has 0 fully saturated rings. The van der Waals surface area contributed by atoms with Crippen molar-refractivity contribution < 1.29 is 9.15 Å². The monoisotopic (exact) mass is 613 g/mol. The third-order valence-electron chi connectivity index (χ3n) is 10.6. The van der Waals surface area contributed by atoms with E-state index in [9.17, 15) is 0 Å². The van der Waals surface area contributed by atoms with Crippen LogP contribution in [0.1, 0.15) is 50.7 Å². The van der Waals surface area contributed by atoms with E-state index in [2.05, 4.69) is 116 Å². The highest BCUT2D eigenvalue weighted by molar-refractivity contribution is 8.00. The molecule has 3 aliphatic heterocycles. The van der Waals surface area contributed by atoms with Gasteiger partial charge < -0.3 is 14.1 Å². The van der Waals surface area contributed by atoms with Gasteiger partial charge in [-0.1, -0.05) is 109 Å². The van der Waals surface area contributed by atoms with Gasteiger partial charge in [-0.05, 0) is 72.4 Å². The maximum absolute atomic E-state index is 6.46. The third kappa shape index (κ3) is 3.69. The number of nitrogens with zero attached hydrogens (tertiary/aromatic N) is 1. The van der Waals surface area contributed by atoms with Gasteiger partial charge >= 0.3 is 0 Å². The van der Waals surface area contributed by atoms with Crippen molar-refractivity contribution in [3.05, 3.63) is 132 Å². The second-order valence-electron chi connectivity index (χ2n) is 13.5. The van der Waals surface area contributed by atoms with Crippen LogP contribution in [0.5, 0.6) is 5.75 Å². The van der Waals surface area contributed by atoms with Crippen molar-refractivity contribution in [3.8, 4) is 16.9 Å². The topological polar surface area (TPSA) is 25.6 Å². The first kappa shape index (κ1) is 26.6. The highest BCUT2D eigenvalue weighted by Crippen LogP contribution is 2.48. The molecular weight excluding hydrogens is 581 g/mol. The Morgan fingerprint density at radius 3 is 2.61 bits per heavy atom. The van der Waals surface area contributed by atoms with Gasteiger partial charge in [0.25, 0.3) is 0 Å². The molecule has 1 aromatic heterocycles. The Labute approximate surface area is 274 Å². The van der Waals surface area contributed by atoms with E-state index in [1.165, 1.54) is 67.1 Å². The van der Waals surface area contributed by atoms with Crippen LogP contribution in [-0.2, 0) is 5.41 Å². The molecule has 0 spiro atoms.